The number of amides is 1. The molecule has 0 saturated heterocycles. The van der Waals surface area contributed by atoms with Gasteiger partial charge in [-0.05, 0) is 37.1 Å². The molecule has 0 radical (unpaired) electrons. The Labute approximate surface area is 96.2 Å². The van der Waals surface area contributed by atoms with Crippen LogP contribution in [-0.4, -0.2) is 12.5 Å². The van der Waals surface area contributed by atoms with E-state index in [1.54, 1.807) is 0 Å². The Balaban J connectivity index is 1.95. The normalized spacial score (nSPS) is 14.8. The average molecular weight is 218 g/mol. The molecule has 2 rings (SSSR count). The lowest BCUT2D eigenvalue weighted by atomic mass is 10.2. The Kier molecular flexibility index (Phi) is 3.57. The summed E-state index contributed by atoms with van der Waals surface area (Å²) in [6, 6.07) is 8.02. The van der Waals surface area contributed by atoms with Crippen molar-refractivity contribution in [3.05, 3.63) is 29.8 Å². The molecule has 1 aliphatic rings. The summed E-state index contributed by atoms with van der Waals surface area (Å²) in [6.45, 7) is 3.89. The van der Waals surface area contributed by atoms with E-state index >= 15 is 0 Å². The largest absolute Gasteiger partial charge is 0.326 e. The van der Waals surface area contributed by atoms with Crippen molar-refractivity contribution in [2.24, 2.45) is 5.92 Å². The summed E-state index contributed by atoms with van der Waals surface area (Å²) in [5, 5.41) is 6.22. The molecule has 1 fully saturated rings. The lowest BCUT2D eigenvalue weighted by molar-refractivity contribution is -0.117. The predicted octanol–water partition coefficient (Wildman–Crippen LogP) is 2.14. The van der Waals surface area contributed by atoms with Crippen LogP contribution in [-0.2, 0) is 11.3 Å². The van der Waals surface area contributed by atoms with Gasteiger partial charge in [0.2, 0.25) is 5.91 Å². The van der Waals surface area contributed by atoms with Crippen molar-refractivity contribution in [2.45, 2.75) is 26.3 Å². The van der Waals surface area contributed by atoms with Gasteiger partial charge in [-0.2, -0.15) is 0 Å². The summed E-state index contributed by atoms with van der Waals surface area (Å²) in [6.07, 6.45) is 2.09. The van der Waals surface area contributed by atoms with Crippen LogP contribution in [0.3, 0.4) is 0 Å². The fourth-order valence-electron chi connectivity index (χ4n) is 1.62. The van der Waals surface area contributed by atoms with Gasteiger partial charge < -0.3 is 10.6 Å². The van der Waals surface area contributed by atoms with Crippen LogP contribution in [0.15, 0.2) is 24.3 Å². The van der Waals surface area contributed by atoms with Crippen molar-refractivity contribution in [3.63, 3.8) is 0 Å². The lowest BCUT2D eigenvalue weighted by Gasteiger charge is -2.07. The monoisotopic (exact) mass is 218 g/mol. The van der Waals surface area contributed by atoms with E-state index in [0.717, 1.165) is 31.6 Å². The van der Waals surface area contributed by atoms with Crippen molar-refractivity contribution >= 4 is 11.6 Å². The third-order valence-corrected chi connectivity index (χ3v) is 2.72. The van der Waals surface area contributed by atoms with Gasteiger partial charge in [0.25, 0.3) is 0 Å². The van der Waals surface area contributed by atoms with Gasteiger partial charge in [0.05, 0.1) is 0 Å². The molecule has 1 aliphatic carbocycles. The molecule has 16 heavy (non-hydrogen) atoms. The molecule has 1 saturated carbocycles. The molecule has 0 aliphatic heterocycles. The molecule has 0 aromatic heterocycles. The van der Waals surface area contributed by atoms with E-state index in [1.165, 1.54) is 5.56 Å². The fraction of sp³-hybridized carbons (Fsp3) is 0.462. The summed E-state index contributed by atoms with van der Waals surface area (Å²) in [5.74, 6) is 0.429. The van der Waals surface area contributed by atoms with Crippen LogP contribution in [0, 0.1) is 5.92 Å². The highest BCUT2D eigenvalue weighted by atomic mass is 16.2. The van der Waals surface area contributed by atoms with Gasteiger partial charge in [-0.25, -0.2) is 0 Å². The standard InChI is InChI=1S/C13H18N2O/c1-2-14-9-10-4-3-5-12(8-10)15-13(16)11-6-7-11/h3-5,8,11,14H,2,6-7,9H2,1H3,(H,15,16). The Morgan fingerprint density at radius 1 is 1.44 bits per heavy atom. The van der Waals surface area contributed by atoms with Crippen LogP contribution in [0.2, 0.25) is 0 Å². The zero-order valence-corrected chi connectivity index (χ0v) is 9.62. The van der Waals surface area contributed by atoms with Crippen molar-refractivity contribution in [1.29, 1.82) is 0 Å². The molecule has 2 N–H and O–H groups in total. The molecule has 3 heteroatoms. The molecule has 1 aromatic rings. The molecule has 0 bridgehead atoms. The minimum atomic E-state index is 0.167. The smallest absolute Gasteiger partial charge is 0.227 e. The third kappa shape index (κ3) is 3.07. The molecule has 86 valence electrons. The first-order chi connectivity index (χ1) is 7.79. The van der Waals surface area contributed by atoms with Crippen LogP contribution in [0.5, 0.6) is 0 Å². The lowest BCUT2D eigenvalue weighted by Crippen LogP contribution is -2.14. The van der Waals surface area contributed by atoms with Crippen LogP contribution >= 0.6 is 0 Å². The zero-order valence-electron chi connectivity index (χ0n) is 9.62. The molecule has 0 unspecified atom stereocenters. The molecule has 0 atom stereocenters. The van der Waals surface area contributed by atoms with E-state index in [0.29, 0.717) is 0 Å². The van der Waals surface area contributed by atoms with Gasteiger partial charge in [-0.3, -0.25) is 4.79 Å². The van der Waals surface area contributed by atoms with Crippen LogP contribution in [0.4, 0.5) is 5.69 Å². The second kappa shape index (κ2) is 5.12. The minimum Gasteiger partial charge on any atom is -0.326 e. The minimum absolute atomic E-state index is 0.167. The van der Waals surface area contributed by atoms with Crippen molar-refractivity contribution in [2.75, 3.05) is 11.9 Å². The van der Waals surface area contributed by atoms with E-state index < -0.39 is 0 Å². The first-order valence-electron chi connectivity index (χ1n) is 5.90. The second-order valence-electron chi connectivity index (χ2n) is 4.24. The Morgan fingerprint density at radius 3 is 2.94 bits per heavy atom. The highest BCUT2D eigenvalue weighted by Gasteiger charge is 2.29. The van der Waals surface area contributed by atoms with E-state index in [2.05, 4.69) is 23.6 Å². The highest BCUT2D eigenvalue weighted by molar-refractivity contribution is 5.94. The van der Waals surface area contributed by atoms with Crippen molar-refractivity contribution in [3.8, 4) is 0 Å². The number of benzene rings is 1. The summed E-state index contributed by atoms with van der Waals surface area (Å²) < 4.78 is 0. The maximum Gasteiger partial charge on any atom is 0.227 e. The first-order valence-corrected chi connectivity index (χ1v) is 5.90. The molecule has 1 amide bonds. The van der Waals surface area contributed by atoms with E-state index in [1.807, 2.05) is 18.2 Å². The number of rotatable bonds is 5. The average Bonchev–Trinajstić information content (AvgIpc) is 3.10. The first kappa shape index (κ1) is 11.1. The van der Waals surface area contributed by atoms with Gasteiger partial charge in [-0.15, -0.1) is 0 Å². The summed E-state index contributed by atoms with van der Waals surface area (Å²) in [5.41, 5.74) is 2.11. The Bertz CT molecular complexity index is 372. The van der Waals surface area contributed by atoms with E-state index in [4.69, 9.17) is 0 Å². The molecule has 0 heterocycles. The summed E-state index contributed by atoms with van der Waals surface area (Å²) in [4.78, 5) is 11.6. The highest BCUT2D eigenvalue weighted by Crippen LogP contribution is 2.30. The van der Waals surface area contributed by atoms with Crippen LogP contribution < -0.4 is 10.6 Å². The topological polar surface area (TPSA) is 41.1 Å². The fourth-order valence-corrected chi connectivity index (χ4v) is 1.62. The SMILES string of the molecule is CCNCc1cccc(NC(=O)C2CC2)c1. The molecule has 3 nitrogen and oxygen atoms in total. The second-order valence-corrected chi connectivity index (χ2v) is 4.24. The number of nitrogens with one attached hydrogen (secondary N) is 2. The maximum absolute atomic E-state index is 11.6. The Hall–Kier alpha value is -1.35. The number of carbonyl (C=O) groups excluding carboxylic acids is 1. The number of carbonyl (C=O) groups is 1. The summed E-state index contributed by atoms with van der Waals surface area (Å²) >= 11 is 0. The van der Waals surface area contributed by atoms with E-state index in [-0.39, 0.29) is 11.8 Å². The third-order valence-electron chi connectivity index (χ3n) is 2.72. The molecular formula is C13H18N2O. The van der Waals surface area contributed by atoms with Crippen LogP contribution in [0.1, 0.15) is 25.3 Å². The van der Waals surface area contributed by atoms with Gasteiger partial charge in [0, 0.05) is 18.2 Å². The molecule has 0 spiro atoms. The summed E-state index contributed by atoms with van der Waals surface area (Å²) in [7, 11) is 0. The molecule has 1 aromatic carbocycles. The van der Waals surface area contributed by atoms with Gasteiger partial charge in [0.1, 0.15) is 0 Å². The zero-order chi connectivity index (χ0) is 11.4. The number of hydrogen-bond acceptors (Lipinski definition) is 2. The van der Waals surface area contributed by atoms with E-state index in [9.17, 15) is 4.79 Å². The predicted molar refractivity (Wildman–Crippen MR) is 65.2 cm³/mol. The van der Waals surface area contributed by atoms with Crippen LogP contribution in [0.25, 0.3) is 0 Å². The van der Waals surface area contributed by atoms with Gasteiger partial charge in [-0.1, -0.05) is 19.1 Å². The Morgan fingerprint density at radius 2 is 2.25 bits per heavy atom. The van der Waals surface area contributed by atoms with Crippen molar-refractivity contribution < 1.29 is 4.79 Å². The van der Waals surface area contributed by atoms with Gasteiger partial charge >= 0.3 is 0 Å². The molecular weight excluding hydrogens is 200 g/mol. The van der Waals surface area contributed by atoms with Crippen molar-refractivity contribution in [1.82, 2.24) is 5.32 Å². The number of hydrogen-bond donors (Lipinski definition) is 2. The van der Waals surface area contributed by atoms with Gasteiger partial charge in [0.15, 0.2) is 0 Å². The number of anilines is 1. The quantitative estimate of drug-likeness (QED) is 0.795. The maximum atomic E-state index is 11.6.